The average molecular weight is 382 g/mol. The molecular formula is C17H22N2O6S. The molecule has 2 fully saturated rings. The van der Waals surface area contributed by atoms with Crippen LogP contribution in [0.2, 0.25) is 0 Å². The molecule has 1 N–H and O–H groups in total. The third kappa shape index (κ3) is 3.89. The number of carboxylic acids is 1. The molecule has 26 heavy (non-hydrogen) atoms. The molecule has 0 saturated carbocycles. The van der Waals surface area contributed by atoms with Crippen LogP contribution < -0.4 is 0 Å². The summed E-state index contributed by atoms with van der Waals surface area (Å²) >= 11 is 0. The number of hydrogen-bond donors (Lipinski definition) is 1. The minimum Gasteiger partial charge on any atom is -0.478 e. The molecule has 2 heterocycles. The molecule has 142 valence electrons. The standard InChI is InChI=1S/C17H22N2O6S/c20-16(18-9-11-25-12-10-18)13-5-7-19(8-6-13)26(23,24)15-3-1-14(2-4-15)17(21)22/h1-4,13H,5-12H2,(H,21,22). The number of carbonyl (C=O) groups excluding carboxylic acids is 1. The van der Waals surface area contributed by atoms with Crippen molar-refractivity contribution >= 4 is 21.9 Å². The summed E-state index contributed by atoms with van der Waals surface area (Å²) in [7, 11) is -3.68. The topological polar surface area (TPSA) is 104 Å². The van der Waals surface area contributed by atoms with Crippen LogP contribution in [0.3, 0.4) is 0 Å². The molecule has 1 amide bonds. The number of benzene rings is 1. The molecular weight excluding hydrogens is 360 g/mol. The molecule has 2 aliphatic rings. The number of carbonyl (C=O) groups is 2. The first-order valence-electron chi connectivity index (χ1n) is 8.59. The van der Waals surface area contributed by atoms with Gasteiger partial charge in [0.15, 0.2) is 0 Å². The van der Waals surface area contributed by atoms with Gasteiger partial charge in [0.25, 0.3) is 0 Å². The van der Waals surface area contributed by atoms with Crippen LogP contribution in [-0.4, -0.2) is 74.0 Å². The minimum atomic E-state index is -3.68. The molecule has 0 atom stereocenters. The van der Waals surface area contributed by atoms with Crippen LogP contribution in [0.1, 0.15) is 23.2 Å². The number of carboxylic acid groups (broad SMARTS) is 1. The molecule has 2 saturated heterocycles. The van der Waals surface area contributed by atoms with Crippen molar-refractivity contribution in [1.82, 2.24) is 9.21 Å². The van der Waals surface area contributed by atoms with E-state index in [1.807, 2.05) is 0 Å². The van der Waals surface area contributed by atoms with Gasteiger partial charge in [0, 0.05) is 32.1 Å². The molecule has 1 aromatic rings. The molecule has 3 rings (SSSR count). The monoisotopic (exact) mass is 382 g/mol. The van der Waals surface area contributed by atoms with Gasteiger partial charge in [0.1, 0.15) is 0 Å². The predicted octanol–water partition coefficient (Wildman–Crippen LogP) is 0.644. The fourth-order valence-electron chi connectivity index (χ4n) is 3.30. The lowest BCUT2D eigenvalue weighted by Crippen LogP contribution is -2.47. The van der Waals surface area contributed by atoms with Crippen molar-refractivity contribution in [1.29, 1.82) is 0 Å². The zero-order valence-corrected chi connectivity index (χ0v) is 15.2. The Balaban J connectivity index is 1.63. The Hall–Kier alpha value is -1.97. The van der Waals surface area contributed by atoms with E-state index >= 15 is 0 Å². The smallest absolute Gasteiger partial charge is 0.335 e. The van der Waals surface area contributed by atoms with Crippen LogP contribution in [0, 0.1) is 5.92 Å². The molecule has 1 aromatic carbocycles. The van der Waals surface area contributed by atoms with Crippen molar-refractivity contribution in [2.75, 3.05) is 39.4 Å². The molecule has 0 spiro atoms. The van der Waals surface area contributed by atoms with E-state index in [2.05, 4.69) is 0 Å². The molecule has 0 aliphatic carbocycles. The number of nitrogens with zero attached hydrogens (tertiary/aromatic N) is 2. The van der Waals surface area contributed by atoms with Gasteiger partial charge < -0.3 is 14.7 Å². The highest BCUT2D eigenvalue weighted by Gasteiger charge is 2.34. The Morgan fingerprint density at radius 2 is 1.58 bits per heavy atom. The summed E-state index contributed by atoms with van der Waals surface area (Å²) in [4.78, 5) is 25.3. The Morgan fingerprint density at radius 3 is 2.12 bits per heavy atom. The lowest BCUT2D eigenvalue weighted by Gasteiger charge is -2.35. The number of amides is 1. The minimum absolute atomic E-state index is 0.0405. The second-order valence-corrected chi connectivity index (χ2v) is 8.38. The van der Waals surface area contributed by atoms with Crippen LogP contribution >= 0.6 is 0 Å². The summed E-state index contributed by atoms with van der Waals surface area (Å²) in [6, 6.07) is 5.18. The van der Waals surface area contributed by atoms with Gasteiger partial charge in [-0.1, -0.05) is 0 Å². The van der Waals surface area contributed by atoms with Gasteiger partial charge in [-0.25, -0.2) is 13.2 Å². The van der Waals surface area contributed by atoms with E-state index in [9.17, 15) is 18.0 Å². The van der Waals surface area contributed by atoms with Gasteiger partial charge in [-0.05, 0) is 37.1 Å². The summed E-state index contributed by atoms with van der Waals surface area (Å²) in [5.74, 6) is -1.18. The fraction of sp³-hybridized carbons (Fsp3) is 0.529. The van der Waals surface area contributed by atoms with Crippen molar-refractivity contribution in [3.8, 4) is 0 Å². The summed E-state index contributed by atoms with van der Waals surface area (Å²) < 4.78 is 32.0. The van der Waals surface area contributed by atoms with E-state index in [0.717, 1.165) is 0 Å². The molecule has 9 heteroatoms. The van der Waals surface area contributed by atoms with Crippen LogP contribution in [0.25, 0.3) is 0 Å². The van der Waals surface area contributed by atoms with Gasteiger partial charge in [0.05, 0.1) is 23.7 Å². The van der Waals surface area contributed by atoms with E-state index in [0.29, 0.717) is 39.1 Å². The number of morpholine rings is 1. The summed E-state index contributed by atoms with van der Waals surface area (Å²) in [5.41, 5.74) is 0.0405. The maximum Gasteiger partial charge on any atom is 0.335 e. The maximum atomic E-state index is 12.7. The quantitative estimate of drug-likeness (QED) is 0.820. The van der Waals surface area contributed by atoms with Crippen molar-refractivity contribution in [3.63, 3.8) is 0 Å². The molecule has 2 aliphatic heterocycles. The van der Waals surface area contributed by atoms with E-state index < -0.39 is 16.0 Å². The first kappa shape index (κ1) is 18.8. The predicted molar refractivity (Wildman–Crippen MR) is 92.3 cm³/mol. The van der Waals surface area contributed by atoms with Crippen LogP contribution in [0.15, 0.2) is 29.2 Å². The number of rotatable bonds is 4. The summed E-state index contributed by atoms with van der Waals surface area (Å²) in [6.45, 7) is 2.84. The van der Waals surface area contributed by atoms with Gasteiger partial charge in [0.2, 0.25) is 15.9 Å². The van der Waals surface area contributed by atoms with E-state index in [1.54, 1.807) is 4.90 Å². The van der Waals surface area contributed by atoms with Gasteiger partial charge in [-0.2, -0.15) is 4.31 Å². The van der Waals surface area contributed by atoms with E-state index in [4.69, 9.17) is 9.84 Å². The number of aromatic carboxylic acids is 1. The third-order valence-corrected chi connectivity index (χ3v) is 6.78. The second kappa shape index (κ2) is 7.73. The second-order valence-electron chi connectivity index (χ2n) is 6.45. The average Bonchev–Trinajstić information content (AvgIpc) is 2.68. The highest BCUT2D eigenvalue weighted by Crippen LogP contribution is 2.25. The van der Waals surface area contributed by atoms with E-state index in [-0.39, 0.29) is 35.4 Å². The zero-order valence-electron chi connectivity index (χ0n) is 14.3. The number of ether oxygens (including phenoxy) is 1. The summed E-state index contributed by atoms with van der Waals surface area (Å²) in [6.07, 6.45) is 0.977. The SMILES string of the molecule is O=C(O)c1ccc(S(=O)(=O)N2CCC(C(=O)N3CCOCC3)CC2)cc1. The fourth-order valence-corrected chi connectivity index (χ4v) is 4.77. The zero-order chi connectivity index (χ0) is 18.7. The highest BCUT2D eigenvalue weighted by atomic mass is 32.2. The van der Waals surface area contributed by atoms with Crippen molar-refractivity contribution in [2.45, 2.75) is 17.7 Å². The van der Waals surface area contributed by atoms with Crippen LogP contribution in [0.4, 0.5) is 0 Å². The molecule has 8 nitrogen and oxygen atoms in total. The normalized spacial score (nSPS) is 20.1. The first-order valence-corrected chi connectivity index (χ1v) is 10.0. The largest absolute Gasteiger partial charge is 0.478 e. The Labute approximate surface area is 152 Å². The Kier molecular flexibility index (Phi) is 5.59. The van der Waals surface area contributed by atoms with Crippen LogP contribution in [0.5, 0.6) is 0 Å². The molecule has 0 unspecified atom stereocenters. The van der Waals surface area contributed by atoms with Crippen molar-refractivity contribution in [2.24, 2.45) is 5.92 Å². The number of sulfonamides is 1. The lowest BCUT2D eigenvalue weighted by molar-refractivity contribution is -0.140. The van der Waals surface area contributed by atoms with Crippen molar-refractivity contribution in [3.05, 3.63) is 29.8 Å². The highest BCUT2D eigenvalue weighted by molar-refractivity contribution is 7.89. The van der Waals surface area contributed by atoms with Gasteiger partial charge in [-0.15, -0.1) is 0 Å². The Morgan fingerprint density at radius 1 is 1.00 bits per heavy atom. The van der Waals surface area contributed by atoms with E-state index in [1.165, 1.54) is 28.6 Å². The molecule has 0 bridgehead atoms. The first-order chi connectivity index (χ1) is 12.4. The molecule has 0 radical (unpaired) electrons. The Bertz CT molecular complexity index is 763. The van der Waals surface area contributed by atoms with Crippen molar-refractivity contribution < 1.29 is 27.9 Å². The maximum absolute atomic E-state index is 12.7. The van der Waals surface area contributed by atoms with Crippen LogP contribution in [-0.2, 0) is 19.6 Å². The number of hydrogen-bond acceptors (Lipinski definition) is 5. The number of piperidine rings is 1. The third-order valence-electron chi connectivity index (χ3n) is 4.86. The lowest BCUT2D eigenvalue weighted by atomic mass is 9.96. The van der Waals surface area contributed by atoms with Gasteiger partial charge in [-0.3, -0.25) is 4.79 Å². The van der Waals surface area contributed by atoms with Gasteiger partial charge >= 0.3 is 5.97 Å². The summed E-state index contributed by atoms with van der Waals surface area (Å²) in [5, 5.41) is 8.91. The molecule has 0 aromatic heterocycles.